The minimum atomic E-state index is -0.498. The third-order valence-electron chi connectivity index (χ3n) is 1.87. The van der Waals surface area contributed by atoms with Crippen molar-refractivity contribution in [1.82, 2.24) is 4.98 Å². The quantitative estimate of drug-likeness (QED) is 0.629. The topological polar surface area (TPSA) is 22.1 Å². The molecule has 12 heavy (non-hydrogen) atoms. The molecule has 0 atom stereocenters. The summed E-state index contributed by atoms with van der Waals surface area (Å²) in [4.78, 5) is 3.53. The highest BCUT2D eigenvalue weighted by molar-refractivity contribution is 5.30. The monoisotopic (exact) mass is 167 g/mol. The van der Waals surface area contributed by atoms with Crippen LogP contribution in [0.1, 0.15) is 18.4 Å². The number of aryl methyl sites for hydroxylation is 1. The molecule has 1 aromatic rings. The highest BCUT2D eigenvalue weighted by atomic mass is 19.1. The van der Waals surface area contributed by atoms with Gasteiger partial charge in [-0.15, -0.1) is 0 Å². The van der Waals surface area contributed by atoms with E-state index in [2.05, 4.69) is 4.98 Å². The molecule has 2 rings (SSSR count). The number of nitrogens with zero attached hydrogens (tertiary/aromatic N) is 1. The number of hydrogen-bond acceptors (Lipinski definition) is 2. The number of rotatable bonds is 2. The van der Waals surface area contributed by atoms with E-state index in [0.29, 0.717) is 5.75 Å². The Labute approximate surface area is 70.4 Å². The molecule has 0 amide bonds. The van der Waals surface area contributed by atoms with Gasteiger partial charge in [-0.3, -0.25) is 0 Å². The highest BCUT2D eigenvalue weighted by Crippen LogP contribution is 2.29. The molecule has 1 aromatic heterocycles. The molecule has 1 saturated carbocycles. The van der Waals surface area contributed by atoms with Crippen molar-refractivity contribution < 1.29 is 9.13 Å². The van der Waals surface area contributed by atoms with Gasteiger partial charge in [0.2, 0.25) is 0 Å². The standard InChI is InChI=1S/C9H10FNO/c1-6-4-5-11-9(10)8(6)12-7-2-3-7/h4-5,7H,2-3H2,1H3. The largest absolute Gasteiger partial charge is 0.485 e. The SMILES string of the molecule is Cc1ccnc(F)c1OC1CC1. The summed E-state index contributed by atoms with van der Waals surface area (Å²) in [7, 11) is 0. The van der Waals surface area contributed by atoms with E-state index in [0.717, 1.165) is 18.4 Å². The predicted octanol–water partition coefficient (Wildman–Crippen LogP) is 2.07. The van der Waals surface area contributed by atoms with Crippen LogP contribution >= 0.6 is 0 Å². The minimum Gasteiger partial charge on any atom is -0.485 e. The van der Waals surface area contributed by atoms with Crippen LogP contribution < -0.4 is 4.74 Å². The average molecular weight is 167 g/mol. The second-order valence-corrected chi connectivity index (χ2v) is 3.06. The molecule has 0 saturated heterocycles. The van der Waals surface area contributed by atoms with Gasteiger partial charge in [-0.05, 0) is 31.4 Å². The molecule has 0 unspecified atom stereocenters. The normalized spacial score (nSPS) is 16.2. The van der Waals surface area contributed by atoms with Crippen LogP contribution in [0, 0.1) is 12.9 Å². The third-order valence-corrected chi connectivity index (χ3v) is 1.87. The van der Waals surface area contributed by atoms with Gasteiger partial charge in [-0.2, -0.15) is 4.39 Å². The average Bonchev–Trinajstić information content (AvgIpc) is 2.80. The Balaban J connectivity index is 2.26. The summed E-state index contributed by atoms with van der Waals surface area (Å²) < 4.78 is 18.4. The van der Waals surface area contributed by atoms with Crippen LogP contribution in [0.25, 0.3) is 0 Å². The Morgan fingerprint density at radius 1 is 1.58 bits per heavy atom. The van der Waals surface area contributed by atoms with E-state index in [1.807, 2.05) is 6.92 Å². The van der Waals surface area contributed by atoms with E-state index < -0.39 is 5.95 Å². The van der Waals surface area contributed by atoms with Gasteiger partial charge in [0.25, 0.3) is 5.95 Å². The molecule has 0 bridgehead atoms. The van der Waals surface area contributed by atoms with Gasteiger partial charge < -0.3 is 4.74 Å². The van der Waals surface area contributed by atoms with Crippen LogP contribution in [-0.2, 0) is 0 Å². The van der Waals surface area contributed by atoms with Crippen molar-refractivity contribution >= 4 is 0 Å². The summed E-state index contributed by atoms with van der Waals surface area (Å²) in [6.07, 6.45) is 3.74. The fourth-order valence-electron chi connectivity index (χ4n) is 1.01. The van der Waals surface area contributed by atoms with Crippen LogP contribution in [0.5, 0.6) is 5.75 Å². The highest BCUT2D eigenvalue weighted by Gasteiger charge is 2.25. The maximum atomic E-state index is 13.0. The minimum absolute atomic E-state index is 0.224. The first-order valence-electron chi connectivity index (χ1n) is 4.05. The van der Waals surface area contributed by atoms with Crippen molar-refractivity contribution in [2.45, 2.75) is 25.9 Å². The van der Waals surface area contributed by atoms with E-state index in [1.54, 1.807) is 6.07 Å². The van der Waals surface area contributed by atoms with Gasteiger partial charge in [-0.25, -0.2) is 4.98 Å². The van der Waals surface area contributed by atoms with Gasteiger partial charge in [0.05, 0.1) is 6.10 Å². The van der Waals surface area contributed by atoms with E-state index >= 15 is 0 Å². The number of pyridine rings is 1. The summed E-state index contributed by atoms with van der Waals surface area (Å²) >= 11 is 0. The van der Waals surface area contributed by atoms with Crippen molar-refractivity contribution in [2.75, 3.05) is 0 Å². The Kier molecular flexibility index (Phi) is 1.71. The van der Waals surface area contributed by atoms with Gasteiger partial charge in [-0.1, -0.05) is 0 Å². The molecule has 2 nitrogen and oxygen atoms in total. The molecule has 1 aliphatic rings. The van der Waals surface area contributed by atoms with Gasteiger partial charge in [0.1, 0.15) is 0 Å². The molecule has 0 radical (unpaired) electrons. The first kappa shape index (κ1) is 7.53. The molecule has 0 aromatic carbocycles. The molecule has 0 aliphatic heterocycles. The number of aromatic nitrogens is 1. The van der Waals surface area contributed by atoms with Crippen LogP contribution in [0.15, 0.2) is 12.3 Å². The molecule has 1 heterocycles. The first-order chi connectivity index (χ1) is 5.77. The first-order valence-corrected chi connectivity index (χ1v) is 4.05. The van der Waals surface area contributed by atoms with Crippen LogP contribution in [0.3, 0.4) is 0 Å². The summed E-state index contributed by atoms with van der Waals surface area (Å²) in [6, 6.07) is 1.75. The van der Waals surface area contributed by atoms with Crippen molar-refractivity contribution in [3.63, 3.8) is 0 Å². The third kappa shape index (κ3) is 1.40. The van der Waals surface area contributed by atoms with Crippen molar-refractivity contribution in [3.05, 3.63) is 23.8 Å². The molecule has 1 aliphatic carbocycles. The van der Waals surface area contributed by atoms with Gasteiger partial charge in [0.15, 0.2) is 5.75 Å². The van der Waals surface area contributed by atoms with E-state index in [1.165, 1.54) is 6.20 Å². The summed E-state index contributed by atoms with van der Waals surface area (Å²) in [6.45, 7) is 1.82. The zero-order chi connectivity index (χ0) is 8.55. The molecule has 3 heteroatoms. The zero-order valence-corrected chi connectivity index (χ0v) is 6.88. The van der Waals surface area contributed by atoms with Crippen LogP contribution in [0.4, 0.5) is 4.39 Å². The van der Waals surface area contributed by atoms with Crippen LogP contribution in [0.2, 0.25) is 0 Å². The fraction of sp³-hybridized carbons (Fsp3) is 0.444. The molecular formula is C9H10FNO. The van der Waals surface area contributed by atoms with Crippen LogP contribution in [-0.4, -0.2) is 11.1 Å². The zero-order valence-electron chi connectivity index (χ0n) is 6.88. The molecular weight excluding hydrogens is 157 g/mol. The van der Waals surface area contributed by atoms with Crippen molar-refractivity contribution in [3.8, 4) is 5.75 Å². The number of halogens is 1. The van der Waals surface area contributed by atoms with E-state index in [-0.39, 0.29) is 6.10 Å². The van der Waals surface area contributed by atoms with Crippen molar-refractivity contribution in [1.29, 1.82) is 0 Å². The molecule has 1 fully saturated rings. The lowest BCUT2D eigenvalue weighted by Gasteiger charge is -2.06. The number of hydrogen-bond donors (Lipinski definition) is 0. The lowest BCUT2D eigenvalue weighted by Crippen LogP contribution is -2.01. The van der Waals surface area contributed by atoms with Crippen molar-refractivity contribution in [2.24, 2.45) is 0 Å². The Hall–Kier alpha value is -1.12. The van der Waals surface area contributed by atoms with Gasteiger partial charge in [0, 0.05) is 6.20 Å². The Morgan fingerprint density at radius 3 is 2.92 bits per heavy atom. The molecule has 64 valence electrons. The van der Waals surface area contributed by atoms with E-state index in [4.69, 9.17) is 4.74 Å². The smallest absolute Gasteiger partial charge is 0.255 e. The molecule has 0 spiro atoms. The summed E-state index contributed by atoms with van der Waals surface area (Å²) in [5.74, 6) is -0.179. The summed E-state index contributed by atoms with van der Waals surface area (Å²) in [5, 5.41) is 0. The maximum Gasteiger partial charge on any atom is 0.255 e. The maximum absolute atomic E-state index is 13.0. The lowest BCUT2D eigenvalue weighted by molar-refractivity contribution is 0.281. The second kappa shape index (κ2) is 2.73. The fourth-order valence-corrected chi connectivity index (χ4v) is 1.01. The second-order valence-electron chi connectivity index (χ2n) is 3.06. The predicted molar refractivity (Wildman–Crippen MR) is 42.6 cm³/mol. The van der Waals surface area contributed by atoms with Gasteiger partial charge >= 0.3 is 0 Å². The number of ether oxygens (including phenoxy) is 1. The Bertz CT molecular complexity index is 276. The Morgan fingerprint density at radius 2 is 2.33 bits per heavy atom. The lowest BCUT2D eigenvalue weighted by atomic mass is 10.3. The van der Waals surface area contributed by atoms with E-state index in [9.17, 15) is 4.39 Å². The summed E-state index contributed by atoms with van der Waals surface area (Å²) in [5.41, 5.74) is 0.814. The molecule has 0 N–H and O–H groups in total.